The molecule has 0 spiro atoms. The van der Waals surface area contributed by atoms with E-state index in [4.69, 9.17) is 0 Å². The van der Waals surface area contributed by atoms with Crippen molar-refractivity contribution in [3.05, 3.63) is 26.4 Å². The second-order valence-corrected chi connectivity index (χ2v) is 3.16. The van der Waals surface area contributed by atoms with E-state index in [2.05, 4.69) is 0 Å². The Morgan fingerprint density at radius 1 is 1.50 bits per heavy atom. The van der Waals surface area contributed by atoms with Crippen LogP contribution in [0.5, 0.6) is 0 Å². The number of nitro groups is 1. The minimum absolute atomic E-state index is 0.402. The Morgan fingerprint density at radius 2 is 2.07 bits per heavy atom. The standard InChI is InChI=1S/C6H2F3NO3S/c7-6(8,9)5(11)4-1-3(2-14-4)10(12)13/h1-2H. The molecule has 0 unspecified atom stereocenters. The monoisotopic (exact) mass is 225 g/mol. The van der Waals surface area contributed by atoms with Gasteiger partial charge in [-0.2, -0.15) is 13.2 Å². The summed E-state index contributed by atoms with van der Waals surface area (Å²) >= 11 is 0.402. The van der Waals surface area contributed by atoms with E-state index in [1.807, 2.05) is 0 Å². The Balaban J connectivity index is 2.99. The first-order valence-electron chi connectivity index (χ1n) is 3.17. The van der Waals surface area contributed by atoms with E-state index in [9.17, 15) is 28.1 Å². The first kappa shape index (κ1) is 10.6. The molecule has 0 fully saturated rings. The van der Waals surface area contributed by atoms with Gasteiger partial charge in [-0.1, -0.05) is 0 Å². The largest absolute Gasteiger partial charge is 0.455 e. The molecular formula is C6H2F3NO3S. The van der Waals surface area contributed by atoms with E-state index >= 15 is 0 Å². The van der Waals surface area contributed by atoms with E-state index in [1.54, 1.807) is 0 Å². The first-order valence-corrected chi connectivity index (χ1v) is 4.05. The summed E-state index contributed by atoms with van der Waals surface area (Å²) < 4.78 is 35.5. The van der Waals surface area contributed by atoms with Crippen LogP contribution < -0.4 is 0 Å². The van der Waals surface area contributed by atoms with Crippen LogP contribution in [0.4, 0.5) is 18.9 Å². The second kappa shape index (κ2) is 3.37. The lowest BCUT2D eigenvalue weighted by molar-refractivity contribution is -0.384. The molecular weight excluding hydrogens is 223 g/mol. The van der Waals surface area contributed by atoms with Crippen LogP contribution in [0, 0.1) is 10.1 Å². The summed E-state index contributed by atoms with van der Waals surface area (Å²) in [5, 5.41) is 11.0. The van der Waals surface area contributed by atoms with Crippen molar-refractivity contribution >= 4 is 22.8 Å². The quantitative estimate of drug-likeness (QED) is 0.441. The minimum Gasteiger partial charge on any atom is -0.283 e. The lowest BCUT2D eigenvalue weighted by atomic mass is 10.3. The minimum atomic E-state index is -4.99. The average molecular weight is 225 g/mol. The molecule has 0 aromatic carbocycles. The first-order chi connectivity index (χ1) is 6.32. The van der Waals surface area contributed by atoms with Gasteiger partial charge < -0.3 is 0 Å². The van der Waals surface area contributed by atoms with Crippen molar-refractivity contribution in [1.82, 2.24) is 0 Å². The van der Waals surface area contributed by atoms with Gasteiger partial charge in [-0.25, -0.2) is 0 Å². The number of alkyl halides is 3. The predicted molar refractivity (Wildman–Crippen MR) is 41.4 cm³/mol. The molecule has 0 N–H and O–H groups in total. The van der Waals surface area contributed by atoms with Crippen LogP contribution in [0.1, 0.15) is 9.67 Å². The Labute approximate surface area is 79.1 Å². The van der Waals surface area contributed by atoms with Crippen LogP contribution in [0.2, 0.25) is 0 Å². The van der Waals surface area contributed by atoms with E-state index < -0.39 is 27.4 Å². The number of rotatable bonds is 2. The lowest BCUT2D eigenvalue weighted by Gasteiger charge is -2.00. The third-order valence-corrected chi connectivity index (χ3v) is 2.19. The predicted octanol–water partition coefficient (Wildman–Crippen LogP) is 2.40. The average Bonchev–Trinajstić information content (AvgIpc) is 2.48. The summed E-state index contributed by atoms with van der Waals surface area (Å²) in [5.41, 5.74) is -0.511. The van der Waals surface area contributed by atoms with Crippen molar-refractivity contribution in [1.29, 1.82) is 0 Å². The summed E-state index contributed by atoms with van der Waals surface area (Å²) in [5.74, 6) is -2.06. The van der Waals surface area contributed by atoms with Crippen molar-refractivity contribution in [3.63, 3.8) is 0 Å². The molecule has 0 radical (unpaired) electrons. The number of nitrogens with zero attached hydrogens (tertiary/aromatic N) is 1. The molecule has 0 atom stereocenters. The number of carbonyl (C=O) groups is 1. The lowest BCUT2D eigenvalue weighted by Crippen LogP contribution is -2.21. The van der Waals surface area contributed by atoms with Gasteiger partial charge in [0.1, 0.15) is 0 Å². The van der Waals surface area contributed by atoms with Gasteiger partial charge in [-0.05, 0) is 0 Å². The zero-order valence-corrected chi connectivity index (χ0v) is 7.19. The fourth-order valence-corrected chi connectivity index (χ4v) is 1.49. The van der Waals surface area contributed by atoms with Crippen LogP contribution in [-0.2, 0) is 0 Å². The van der Waals surface area contributed by atoms with Crippen LogP contribution in [0.25, 0.3) is 0 Å². The molecule has 0 saturated heterocycles. The van der Waals surface area contributed by atoms with Gasteiger partial charge in [0.25, 0.3) is 11.5 Å². The van der Waals surface area contributed by atoms with E-state index in [0.717, 1.165) is 5.38 Å². The number of Topliss-reactive ketones (excluding diaryl/α,β-unsaturated/α-hetero) is 1. The molecule has 0 aliphatic heterocycles. The molecule has 1 rings (SSSR count). The van der Waals surface area contributed by atoms with Gasteiger partial charge >= 0.3 is 6.18 Å². The Morgan fingerprint density at radius 3 is 2.43 bits per heavy atom. The molecule has 0 bridgehead atoms. The van der Waals surface area contributed by atoms with Crippen molar-refractivity contribution in [2.75, 3.05) is 0 Å². The summed E-state index contributed by atoms with van der Waals surface area (Å²) in [4.78, 5) is 19.1. The highest BCUT2D eigenvalue weighted by Gasteiger charge is 2.40. The maximum atomic E-state index is 11.8. The zero-order chi connectivity index (χ0) is 10.9. The van der Waals surface area contributed by atoms with Crippen LogP contribution in [-0.4, -0.2) is 16.9 Å². The Hall–Kier alpha value is -1.44. The highest BCUT2D eigenvalue weighted by Crippen LogP contribution is 2.28. The Bertz CT molecular complexity index is 384. The van der Waals surface area contributed by atoms with E-state index in [1.165, 1.54) is 0 Å². The van der Waals surface area contributed by atoms with Gasteiger partial charge in [0, 0.05) is 6.07 Å². The molecule has 0 aliphatic carbocycles. The summed E-state index contributed by atoms with van der Waals surface area (Å²) in [6, 6.07) is 0.612. The molecule has 1 aromatic heterocycles. The molecule has 1 aromatic rings. The van der Waals surface area contributed by atoms with Crippen LogP contribution in [0.15, 0.2) is 11.4 Å². The van der Waals surface area contributed by atoms with Crippen molar-refractivity contribution < 1.29 is 22.9 Å². The van der Waals surface area contributed by atoms with Crippen molar-refractivity contribution in [2.45, 2.75) is 6.18 Å². The fraction of sp³-hybridized carbons (Fsp3) is 0.167. The van der Waals surface area contributed by atoms with Crippen molar-refractivity contribution in [3.8, 4) is 0 Å². The summed E-state index contributed by atoms with van der Waals surface area (Å²) in [6.45, 7) is 0. The highest BCUT2D eigenvalue weighted by atomic mass is 32.1. The maximum absolute atomic E-state index is 11.8. The van der Waals surface area contributed by atoms with Crippen LogP contribution in [0.3, 0.4) is 0 Å². The molecule has 76 valence electrons. The molecule has 14 heavy (non-hydrogen) atoms. The number of ketones is 1. The van der Waals surface area contributed by atoms with E-state index in [-0.39, 0.29) is 0 Å². The van der Waals surface area contributed by atoms with Gasteiger partial charge in [-0.3, -0.25) is 14.9 Å². The molecule has 0 saturated carbocycles. The maximum Gasteiger partial charge on any atom is 0.455 e. The number of thiophene rings is 1. The molecule has 4 nitrogen and oxygen atoms in total. The third-order valence-electron chi connectivity index (χ3n) is 1.28. The second-order valence-electron chi connectivity index (χ2n) is 2.25. The van der Waals surface area contributed by atoms with Gasteiger partial charge in [0.15, 0.2) is 0 Å². The fourth-order valence-electron chi connectivity index (χ4n) is 0.681. The smallest absolute Gasteiger partial charge is 0.283 e. The number of carbonyl (C=O) groups excluding carboxylic acids is 1. The normalized spacial score (nSPS) is 11.4. The zero-order valence-electron chi connectivity index (χ0n) is 6.37. The van der Waals surface area contributed by atoms with Gasteiger partial charge in [0.05, 0.1) is 15.2 Å². The molecule has 0 amide bonds. The topological polar surface area (TPSA) is 60.2 Å². The summed E-state index contributed by atoms with van der Waals surface area (Å²) in [6.07, 6.45) is -4.99. The van der Waals surface area contributed by atoms with Crippen LogP contribution >= 0.6 is 11.3 Å². The summed E-state index contributed by atoms with van der Waals surface area (Å²) in [7, 11) is 0. The molecule has 0 aliphatic rings. The van der Waals surface area contributed by atoms with Gasteiger partial charge in [-0.15, -0.1) is 11.3 Å². The van der Waals surface area contributed by atoms with Crippen molar-refractivity contribution in [2.24, 2.45) is 0 Å². The van der Waals surface area contributed by atoms with E-state index in [0.29, 0.717) is 17.4 Å². The molecule has 8 heteroatoms. The molecule has 1 heterocycles. The van der Waals surface area contributed by atoms with Gasteiger partial charge in [0.2, 0.25) is 0 Å². The highest BCUT2D eigenvalue weighted by molar-refractivity contribution is 7.12. The number of hydrogen-bond acceptors (Lipinski definition) is 4. The number of hydrogen-bond donors (Lipinski definition) is 0. The third kappa shape index (κ3) is 2.08. The Kier molecular flexibility index (Phi) is 2.56. The SMILES string of the molecule is O=C(c1cc([N+](=O)[O-])cs1)C(F)(F)F. The number of halogens is 3.